The zero-order valence-corrected chi connectivity index (χ0v) is 12.1. The average Bonchev–Trinajstić information content (AvgIpc) is 2.31. The van der Waals surface area contributed by atoms with Crippen molar-refractivity contribution in [1.29, 1.82) is 0 Å². The van der Waals surface area contributed by atoms with Gasteiger partial charge in [0.2, 0.25) is 10.0 Å². The summed E-state index contributed by atoms with van der Waals surface area (Å²) in [7, 11) is -3.37. The van der Waals surface area contributed by atoms with Gasteiger partial charge in [0.25, 0.3) is 0 Å². The number of hydrogen-bond acceptors (Lipinski definition) is 3. The number of benzene rings is 1. The molecule has 0 aliphatic rings. The Labute approximate surface area is 110 Å². The first kappa shape index (κ1) is 15.1. The standard InChI is InChI=1S/C13H22N2O2S/c1-4-8-14-10-12-7-6-11(3)13(9-12)18(16,17)15-5-2/h6-7,9,14-15H,4-5,8,10H2,1-3H3. The number of sulfonamides is 1. The summed E-state index contributed by atoms with van der Waals surface area (Å²) in [5, 5.41) is 3.27. The van der Waals surface area contributed by atoms with E-state index in [4.69, 9.17) is 0 Å². The maximum Gasteiger partial charge on any atom is 0.240 e. The van der Waals surface area contributed by atoms with E-state index in [0.29, 0.717) is 18.0 Å². The lowest BCUT2D eigenvalue weighted by atomic mass is 10.1. The summed E-state index contributed by atoms with van der Waals surface area (Å²) >= 11 is 0. The minimum Gasteiger partial charge on any atom is -0.313 e. The molecule has 0 atom stereocenters. The molecule has 0 aliphatic carbocycles. The van der Waals surface area contributed by atoms with Gasteiger partial charge in [-0.1, -0.05) is 26.0 Å². The molecule has 5 heteroatoms. The summed E-state index contributed by atoms with van der Waals surface area (Å²) in [5.74, 6) is 0. The van der Waals surface area contributed by atoms with Crippen LogP contribution >= 0.6 is 0 Å². The molecule has 0 unspecified atom stereocenters. The second kappa shape index (κ2) is 6.87. The SMILES string of the molecule is CCCNCc1ccc(C)c(S(=O)(=O)NCC)c1. The van der Waals surface area contributed by atoms with Gasteiger partial charge < -0.3 is 5.32 Å². The fourth-order valence-electron chi connectivity index (χ4n) is 1.72. The smallest absolute Gasteiger partial charge is 0.240 e. The third kappa shape index (κ3) is 4.08. The van der Waals surface area contributed by atoms with Gasteiger partial charge >= 0.3 is 0 Å². The van der Waals surface area contributed by atoms with Crippen LogP contribution < -0.4 is 10.0 Å². The van der Waals surface area contributed by atoms with Crippen LogP contribution in [-0.2, 0) is 16.6 Å². The van der Waals surface area contributed by atoms with Crippen LogP contribution in [0.15, 0.2) is 23.1 Å². The van der Waals surface area contributed by atoms with Crippen LogP contribution in [0.3, 0.4) is 0 Å². The summed E-state index contributed by atoms with van der Waals surface area (Å²) in [6.45, 7) is 7.72. The van der Waals surface area contributed by atoms with Gasteiger partial charge in [-0.05, 0) is 37.1 Å². The lowest BCUT2D eigenvalue weighted by molar-refractivity contribution is 0.583. The second-order valence-electron chi connectivity index (χ2n) is 4.28. The molecule has 0 bridgehead atoms. The van der Waals surface area contributed by atoms with Gasteiger partial charge in [0.05, 0.1) is 4.90 Å². The number of aryl methyl sites for hydroxylation is 1. The maximum absolute atomic E-state index is 12.0. The minimum absolute atomic E-state index is 0.375. The molecule has 1 rings (SSSR count). The van der Waals surface area contributed by atoms with Gasteiger partial charge in [-0.2, -0.15) is 0 Å². The zero-order valence-electron chi connectivity index (χ0n) is 11.3. The van der Waals surface area contributed by atoms with Crippen LogP contribution in [0.1, 0.15) is 31.4 Å². The Balaban J connectivity index is 2.94. The Hall–Kier alpha value is -0.910. The van der Waals surface area contributed by atoms with Crippen LogP contribution in [0.4, 0.5) is 0 Å². The summed E-state index contributed by atoms with van der Waals surface area (Å²) in [5.41, 5.74) is 1.76. The molecule has 18 heavy (non-hydrogen) atoms. The lowest BCUT2D eigenvalue weighted by Crippen LogP contribution is -2.24. The van der Waals surface area contributed by atoms with E-state index in [2.05, 4.69) is 17.0 Å². The molecule has 2 N–H and O–H groups in total. The van der Waals surface area contributed by atoms with Gasteiger partial charge in [0.15, 0.2) is 0 Å². The number of hydrogen-bond donors (Lipinski definition) is 2. The van der Waals surface area contributed by atoms with E-state index in [-0.39, 0.29) is 0 Å². The Morgan fingerprint density at radius 1 is 1.22 bits per heavy atom. The molecule has 0 spiro atoms. The molecule has 0 heterocycles. The van der Waals surface area contributed by atoms with Gasteiger partial charge in [-0.3, -0.25) is 0 Å². The zero-order chi connectivity index (χ0) is 13.6. The molecule has 0 radical (unpaired) electrons. The first-order chi connectivity index (χ1) is 8.51. The van der Waals surface area contributed by atoms with Crippen molar-refractivity contribution in [2.45, 2.75) is 38.6 Å². The van der Waals surface area contributed by atoms with E-state index in [0.717, 1.165) is 24.1 Å². The second-order valence-corrected chi connectivity index (χ2v) is 6.01. The van der Waals surface area contributed by atoms with Gasteiger partial charge in [0.1, 0.15) is 0 Å². The van der Waals surface area contributed by atoms with Crippen LogP contribution in [0, 0.1) is 6.92 Å². The monoisotopic (exact) mass is 270 g/mol. The van der Waals surface area contributed by atoms with Crippen molar-refractivity contribution in [2.24, 2.45) is 0 Å². The first-order valence-corrected chi connectivity index (χ1v) is 7.79. The molecule has 1 aromatic carbocycles. The highest BCUT2D eigenvalue weighted by atomic mass is 32.2. The Morgan fingerprint density at radius 2 is 1.94 bits per heavy atom. The molecule has 0 saturated carbocycles. The number of rotatable bonds is 7. The molecule has 0 amide bonds. The molecular weight excluding hydrogens is 248 g/mol. The molecular formula is C13H22N2O2S. The normalized spacial score (nSPS) is 11.7. The van der Waals surface area contributed by atoms with Crippen molar-refractivity contribution in [2.75, 3.05) is 13.1 Å². The van der Waals surface area contributed by atoms with E-state index in [1.54, 1.807) is 13.0 Å². The predicted molar refractivity (Wildman–Crippen MR) is 74.0 cm³/mol. The van der Waals surface area contributed by atoms with Gasteiger partial charge in [0, 0.05) is 13.1 Å². The van der Waals surface area contributed by atoms with E-state index in [9.17, 15) is 8.42 Å². The van der Waals surface area contributed by atoms with E-state index in [1.165, 1.54) is 0 Å². The van der Waals surface area contributed by atoms with Crippen molar-refractivity contribution in [3.05, 3.63) is 29.3 Å². The Bertz CT molecular complexity index is 484. The van der Waals surface area contributed by atoms with Crippen LogP contribution in [-0.4, -0.2) is 21.5 Å². The van der Waals surface area contributed by atoms with Crippen molar-refractivity contribution in [3.8, 4) is 0 Å². The summed E-state index contributed by atoms with van der Waals surface area (Å²) in [6, 6.07) is 5.56. The fraction of sp³-hybridized carbons (Fsp3) is 0.538. The largest absolute Gasteiger partial charge is 0.313 e. The highest BCUT2D eigenvalue weighted by molar-refractivity contribution is 7.89. The van der Waals surface area contributed by atoms with Gasteiger partial charge in [-0.15, -0.1) is 0 Å². The quantitative estimate of drug-likeness (QED) is 0.743. The highest BCUT2D eigenvalue weighted by Crippen LogP contribution is 2.16. The summed E-state index contributed by atoms with van der Waals surface area (Å²) in [4.78, 5) is 0.375. The average molecular weight is 270 g/mol. The fourth-order valence-corrected chi connectivity index (χ4v) is 3.06. The topological polar surface area (TPSA) is 58.2 Å². The highest BCUT2D eigenvalue weighted by Gasteiger charge is 2.15. The first-order valence-electron chi connectivity index (χ1n) is 6.31. The molecule has 0 fully saturated rings. The number of nitrogens with one attached hydrogen (secondary N) is 2. The summed E-state index contributed by atoms with van der Waals surface area (Å²) < 4.78 is 26.5. The minimum atomic E-state index is -3.37. The van der Waals surface area contributed by atoms with Crippen LogP contribution in [0.5, 0.6) is 0 Å². The molecule has 0 aliphatic heterocycles. The molecule has 4 nitrogen and oxygen atoms in total. The third-order valence-electron chi connectivity index (χ3n) is 2.63. The van der Waals surface area contributed by atoms with Crippen molar-refractivity contribution in [1.82, 2.24) is 10.0 Å². The Morgan fingerprint density at radius 3 is 2.56 bits per heavy atom. The predicted octanol–water partition coefficient (Wildman–Crippen LogP) is 1.79. The molecule has 0 saturated heterocycles. The van der Waals surface area contributed by atoms with Crippen molar-refractivity contribution >= 4 is 10.0 Å². The molecule has 1 aromatic rings. The van der Waals surface area contributed by atoms with E-state index < -0.39 is 10.0 Å². The molecule has 0 aromatic heterocycles. The maximum atomic E-state index is 12.0. The lowest BCUT2D eigenvalue weighted by Gasteiger charge is -2.10. The van der Waals surface area contributed by atoms with Gasteiger partial charge in [-0.25, -0.2) is 13.1 Å². The van der Waals surface area contributed by atoms with Crippen LogP contribution in [0.25, 0.3) is 0 Å². The van der Waals surface area contributed by atoms with Crippen molar-refractivity contribution < 1.29 is 8.42 Å². The Kier molecular flexibility index (Phi) is 5.78. The van der Waals surface area contributed by atoms with Crippen LogP contribution in [0.2, 0.25) is 0 Å². The molecule has 102 valence electrons. The third-order valence-corrected chi connectivity index (χ3v) is 4.32. The van der Waals surface area contributed by atoms with Crippen molar-refractivity contribution in [3.63, 3.8) is 0 Å². The van der Waals surface area contributed by atoms with E-state index >= 15 is 0 Å². The summed E-state index contributed by atoms with van der Waals surface area (Å²) in [6.07, 6.45) is 1.06. The van der Waals surface area contributed by atoms with E-state index in [1.807, 2.05) is 19.1 Å².